The lowest BCUT2D eigenvalue weighted by atomic mass is 9.81. The minimum absolute atomic E-state index is 0.140. The van der Waals surface area contributed by atoms with Crippen LogP contribution < -0.4 is 4.90 Å². The molecule has 1 aliphatic carbocycles. The molecule has 0 N–H and O–H groups in total. The maximum atomic E-state index is 12.9. The van der Waals surface area contributed by atoms with E-state index in [2.05, 4.69) is 31.9 Å². The molecule has 0 spiro atoms. The maximum absolute atomic E-state index is 12.9. The fourth-order valence-electron chi connectivity index (χ4n) is 4.02. The van der Waals surface area contributed by atoms with Crippen LogP contribution in [-0.2, 0) is 14.3 Å². The number of halogens is 2. The fraction of sp³-hybridized carbons (Fsp3) is 0.304. The van der Waals surface area contributed by atoms with Gasteiger partial charge in [-0.1, -0.05) is 62.2 Å². The van der Waals surface area contributed by atoms with Crippen LogP contribution in [-0.4, -0.2) is 39.8 Å². The Morgan fingerprint density at radius 2 is 1.39 bits per heavy atom. The minimum Gasteiger partial charge on any atom is -0.454 e. The normalized spacial score (nSPS) is 25.3. The number of esters is 1. The van der Waals surface area contributed by atoms with Crippen molar-refractivity contribution in [2.75, 3.05) is 11.5 Å². The van der Waals surface area contributed by atoms with Crippen molar-refractivity contribution in [3.8, 4) is 0 Å². The number of anilines is 1. The number of carbonyl (C=O) groups is 4. The van der Waals surface area contributed by atoms with Crippen molar-refractivity contribution in [3.05, 3.63) is 65.7 Å². The summed E-state index contributed by atoms with van der Waals surface area (Å²) in [6, 6.07) is 14.7. The molecule has 4 atom stereocenters. The number of amides is 2. The van der Waals surface area contributed by atoms with E-state index >= 15 is 0 Å². The van der Waals surface area contributed by atoms with Gasteiger partial charge in [0, 0.05) is 15.2 Å². The quantitative estimate of drug-likeness (QED) is 0.243. The number of carbonyl (C=O) groups excluding carboxylic acids is 4. The van der Waals surface area contributed by atoms with Gasteiger partial charge < -0.3 is 4.74 Å². The number of ether oxygens (including phenoxy) is 1. The molecular formula is C23H19Br2NO5. The first-order valence-corrected chi connectivity index (χ1v) is 11.7. The number of hydrogen-bond acceptors (Lipinski definition) is 5. The lowest BCUT2D eigenvalue weighted by Gasteiger charge is -2.29. The van der Waals surface area contributed by atoms with Crippen molar-refractivity contribution in [1.29, 1.82) is 0 Å². The van der Waals surface area contributed by atoms with Crippen molar-refractivity contribution in [3.63, 3.8) is 0 Å². The second-order valence-electron chi connectivity index (χ2n) is 7.64. The molecule has 160 valence electrons. The summed E-state index contributed by atoms with van der Waals surface area (Å²) < 4.78 is 5.11. The molecule has 2 aliphatic rings. The highest BCUT2D eigenvalue weighted by atomic mass is 79.9. The molecule has 1 aliphatic heterocycles. The van der Waals surface area contributed by atoms with Crippen molar-refractivity contribution >= 4 is 61.1 Å². The number of Topliss-reactive ketones (excluding diaryl/α,β-unsaturated/α-hetero) is 1. The van der Waals surface area contributed by atoms with E-state index in [4.69, 9.17) is 4.74 Å². The number of benzene rings is 2. The van der Waals surface area contributed by atoms with Crippen LogP contribution in [0.1, 0.15) is 33.6 Å². The average molecular weight is 549 g/mol. The van der Waals surface area contributed by atoms with E-state index in [9.17, 15) is 19.2 Å². The Hall–Kier alpha value is -2.32. The van der Waals surface area contributed by atoms with Gasteiger partial charge in [-0.2, -0.15) is 0 Å². The molecule has 0 bridgehead atoms. The van der Waals surface area contributed by atoms with Crippen LogP contribution in [0, 0.1) is 11.8 Å². The summed E-state index contributed by atoms with van der Waals surface area (Å²) in [6.45, 7) is -0.363. The molecule has 1 saturated heterocycles. The van der Waals surface area contributed by atoms with Gasteiger partial charge in [0.2, 0.25) is 11.8 Å². The van der Waals surface area contributed by atoms with Crippen LogP contribution in [0.25, 0.3) is 0 Å². The van der Waals surface area contributed by atoms with Gasteiger partial charge in [-0.3, -0.25) is 19.3 Å². The summed E-state index contributed by atoms with van der Waals surface area (Å²) in [4.78, 5) is 51.6. The number of nitrogens with zero attached hydrogens (tertiary/aromatic N) is 1. The predicted molar refractivity (Wildman–Crippen MR) is 122 cm³/mol. The molecule has 6 nitrogen and oxygen atoms in total. The molecule has 2 aromatic rings. The van der Waals surface area contributed by atoms with Crippen LogP contribution >= 0.6 is 31.9 Å². The van der Waals surface area contributed by atoms with Gasteiger partial charge in [0.05, 0.1) is 23.1 Å². The van der Waals surface area contributed by atoms with Crippen molar-refractivity contribution in [2.45, 2.75) is 22.5 Å². The molecule has 1 heterocycles. The fourth-order valence-corrected chi connectivity index (χ4v) is 5.26. The molecule has 0 radical (unpaired) electrons. The van der Waals surface area contributed by atoms with Gasteiger partial charge in [-0.15, -0.1) is 0 Å². The Labute approximate surface area is 196 Å². The first-order valence-electron chi connectivity index (χ1n) is 9.88. The molecule has 2 fully saturated rings. The molecule has 2 amide bonds. The Kier molecular flexibility index (Phi) is 6.39. The highest BCUT2D eigenvalue weighted by molar-refractivity contribution is 9.12. The molecule has 0 aromatic heterocycles. The Morgan fingerprint density at radius 3 is 1.94 bits per heavy atom. The number of fused-ring (bicyclic) bond motifs is 1. The van der Waals surface area contributed by atoms with Crippen LogP contribution in [0.15, 0.2) is 54.6 Å². The molecule has 31 heavy (non-hydrogen) atoms. The van der Waals surface area contributed by atoms with E-state index in [1.54, 1.807) is 42.5 Å². The minimum atomic E-state index is -0.646. The Morgan fingerprint density at radius 1 is 0.839 bits per heavy atom. The highest BCUT2D eigenvalue weighted by Crippen LogP contribution is 2.44. The molecule has 0 unspecified atom stereocenters. The van der Waals surface area contributed by atoms with E-state index in [-0.39, 0.29) is 51.3 Å². The predicted octanol–water partition coefficient (Wildman–Crippen LogP) is 4.15. The molecule has 1 saturated carbocycles. The van der Waals surface area contributed by atoms with E-state index in [0.29, 0.717) is 24.1 Å². The summed E-state index contributed by atoms with van der Waals surface area (Å²) in [5, 5.41) is 0. The Balaban J connectivity index is 1.42. The van der Waals surface area contributed by atoms with Crippen molar-refractivity contribution in [1.82, 2.24) is 0 Å². The smallest absolute Gasteiger partial charge is 0.338 e. The zero-order chi connectivity index (χ0) is 22.1. The largest absolute Gasteiger partial charge is 0.454 e. The number of alkyl halides is 2. The van der Waals surface area contributed by atoms with Gasteiger partial charge in [0.25, 0.3) is 0 Å². The summed E-state index contributed by atoms with van der Waals surface area (Å²) in [5.74, 6) is -2.02. The van der Waals surface area contributed by atoms with Gasteiger partial charge in [-0.05, 0) is 37.1 Å². The van der Waals surface area contributed by atoms with Gasteiger partial charge in [0.1, 0.15) is 0 Å². The second kappa shape index (κ2) is 9.04. The van der Waals surface area contributed by atoms with Crippen LogP contribution in [0.4, 0.5) is 5.69 Å². The second-order valence-corrected chi connectivity index (χ2v) is 9.99. The standard InChI is InChI=1S/C23H19Br2NO5/c24-18-10-16-17(11-19(18)25)22(29)26(21(16)28)15-8-6-14(7-9-15)23(30)31-12-20(27)13-4-2-1-3-5-13/h1-9,16-19H,10-12H2/t16-,17-,18-,19+/m0/s1. The van der Waals surface area contributed by atoms with Crippen LogP contribution in [0.3, 0.4) is 0 Å². The molecule has 4 rings (SSSR count). The number of ketones is 1. The van der Waals surface area contributed by atoms with Crippen LogP contribution in [0.2, 0.25) is 0 Å². The molecule has 8 heteroatoms. The summed E-state index contributed by atoms with van der Waals surface area (Å²) in [6.07, 6.45) is 1.20. The third-order valence-corrected chi connectivity index (χ3v) is 8.44. The SMILES string of the molecule is O=C(COC(=O)c1ccc(N2C(=O)[C@H]3C[C@@H](Br)[C@@H](Br)C[C@@H]3C2=O)cc1)c1ccccc1. The van der Waals surface area contributed by atoms with Crippen LogP contribution in [0.5, 0.6) is 0 Å². The average Bonchev–Trinajstić information content (AvgIpc) is 3.02. The first-order chi connectivity index (χ1) is 14.9. The lowest BCUT2D eigenvalue weighted by molar-refractivity contribution is -0.122. The Bertz CT molecular complexity index is 996. The zero-order valence-electron chi connectivity index (χ0n) is 16.4. The molecular weight excluding hydrogens is 530 g/mol. The zero-order valence-corrected chi connectivity index (χ0v) is 19.5. The maximum Gasteiger partial charge on any atom is 0.338 e. The van der Waals surface area contributed by atoms with Gasteiger partial charge in [0.15, 0.2) is 12.4 Å². The number of imide groups is 1. The van der Waals surface area contributed by atoms with E-state index in [0.717, 1.165) is 0 Å². The summed E-state index contributed by atoms with van der Waals surface area (Å²) >= 11 is 7.15. The van der Waals surface area contributed by atoms with E-state index in [1.807, 2.05) is 0 Å². The van der Waals surface area contributed by atoms with Crippen molar-refractivity contribution < 1.29 is 23.9 Å². The lowest BCUT2D eigenvalue weighted by Crippen LogP contribution is -2.34. The molecule has 2 aromatic carbocycles. The first kappa shape index (κ1) is 21.9. The highest BCUT2D eigenvalue weighted by Gasteiger charge is 2.52. The number of rotatable bonds is 5. The van der Waals surface area contributed by atoms with Gasteiger partial charge >= 0.3 is 5.97 Å². The van der Waals surface area contributed by atoms with Crippen molar-refractivity contribution in [2.24, 2.45) is 11.8 Å². The topological polar surface area (TPSA) is 80.8 Å². The summed E-state index contributed by atoms with van der Waals surface area (Å²) in [7, 11) is 0. The third kappa shape index (κ3) is 4.36. The van der Waals surface area contributed by atoms with E-state index in [1.165, 1.54) is 17.0 Å². The third-order valence-electron chi connectivity index (χ3n) is 5.70. The van der Waals surface area contributed by atoms with Gasteiger partial charge in [-0.25, -0.2) is 4.79 Å². The van der Waals surface area contributed by atoms with E-state index < -0.39 is 5.97 Å². The summed E-state index contributed by atoms with van der Waals surface area (Å²) in [5.41, 5.74) is 1.13. The number of hydrogen-bond donors (Lipinski definition) is 0. The monoisotopic (exact) mass is 547 g/mol.